The number of hydrogen-bond donors (Lipinski definition) is 1. The summed E-state index contributed by atoms with van der Waals surface area (Å²) < 4.78 is 5.44. The number of hydrazone groups is 1. The number of nitrogens with one attached hydrogen (secondary N) is 1. The first-order valence-corrected chi connectivity index (χ1v) is 8.95. The molecule has 0 aromatic heterocycles. The molecule has 0 unspecified atom stereocenters. The van der Waals surface area contributed by atoms with Crippen LogP contribution in [0.1, 0.15) is 5.56 Å². The molecule has 0 bridgehead atoms. The lowest BCUT2D eigenvalue weighted by atomic mass is 10.1. The van der Waals surface area contributed by atoms with E-state index in [1.54, 1.807) is 18.2 Å². The van der Waals surface area contributed by atoms with Gasteiger partial charge in [-0.25, -0.2) is 5.43 Å². The fraction of sp³-hybridized carbons (Fsp3) is 0.0476. The lowest BCUT2D eigenvalue weighted by Gasteiger charge is -2.06. The molecule has 0 aliphatic heterocycles. The number of halogens is 1. The van der Waals surface area contributed by atoms with Crippen LogP contribution in [0.25, 0.3) is 11.1 Å². The molecule has 0 aliphatic carbocycles. The van der Waals surface area contributed by atoms with Gasteiger partial charge in [0.2, 0.25) is 0 Å². The Bertz CT molecular complexity index is 1040. The fourth-order valence-electron chi connectivity index (χ4n) is 2.48. The van der Waals surface area contributed by atoms with Crippen LogP contribution in [-0.2, 0) is 4.79 Å². The van der Waals surface area contributed by atoms with Gasteiger partial charge in [0.05, 0.1) is 11.1 Å². The Hall–Kier alpha value is -3.71. The summed E-state index contributed by atoms with van der Waals surface area (Å²) >= 11 is 5.75. The molecule has 3 aromatic carbocycles. The van der Waals surface area contributed by atoms with Crippen LogP contribution in [0.3, 0.4) is 0 Å². The first-order valence-electron chi connectivity index (χ1n) is 8.57. The highest BCUT2D eigenvalue weighted by Crippen LogP contribution is 2.24. The zero-order valence-corrected chi connectivity index (χ0v) is 15.9. The molecule has 7 nitrogen and oxygen atoms in total. The molecule has 0 saturated heterocycles. The fourth-order valence-corrected chi connectivity index (χ4v) is 2.67. The zero-order chi connectivity index (χ0) is 20.6. The Morgan fingerprint density at radius 3 is 2.45 bits per heavy atom. The van der Waals surface area contributed by atoms with Gasteiger partial charge in [0.15, 0.2) is 6.61 Å². The van der Waals surface area contributed by atoms with E-state index in [1.807, 2.05) is 42.5 Å². The van der Waals surface area contributed by atoms with E-state index in [4.69, 9.17) is 16.3 Å². The Morgan fingerprint density at radius 1 is 1.07 bits per heavy atom. The first-order chi connectivity index (χ1) is 14.0. The van der Waals surface area contributed by atoms with Gasteiger partial charge < -0.3 is 4.74 Å². The van der Waals surface area contributed by atoms with Crippen LogP contribution < -0.4 is 10.2 Å². The molecule has 3 rings (SSSR count). The topological polar surface area (TPSA) is 93.8 Å². The molecule has 1 amide bonds. The van der Waals surface area contributed by atoms with Gasteiger partial charge >= 0.3 is 0 Å². The summed E-state index contributed by atoms with van der Waals surface area (Å²) in [7, 11) is 0. The average molecular weight is 410 g/mol. The average Bonchev–Trinajstić information content (AvgIpc) is 2.74. The zero-order valence-electron chi connectivity index (χ0n) is 15.1. The molecule has 3 aromatic rings. The van der Waals surface area contributed by atoms with Gasteiger partial charge in [0.1, 0.15) is 10.8 Å². The molecule has 0 aliphatic rings. The summed E-state index contributed by atoms with van der Waals surface area (Å²) in [6.45, 7) is -0.219. The minimum atomic E-state index is -0.588. The Balaban J connectivity index is 1.51. The quantitative estimate of drug-likeness (QED) is 0.354. The normalized spacial score (nSPS) is 10.7. The van der Waals surface area contributed by atoms with Gasteiger partial charge in [-0.1, -0.05) is 60.1 Å². The van der Waals surface area contributed by atoms with Crippen LogP contribution in [0.2, 0.25) is 5.02 Å². The minimum absolute atomic E-state index is 0.0304. The standard InChI is InChI=1S/C21H16ClN3O4/c22-19-11-6-15(12-20(19)25(27)28)13-23-24-21(26)14-29-18-9-7-17(8-10-18)16-4-2-1-3-5-16/h1-13H,14H2,(H,24,26)/b23-13-. The third kappa shape index (κ3) is 5.63. The summed E-state index contributed by atoms with van der Waals surface area (Å²) in [5.41, 5.74) is 4.64. The van der Waals surface area contributed by atoms with E-state index < -0.39 is 10.8 Å². The van der Waals surface area contributed by atoms with E-state index in [0.717, 1.165) is 11.1 Å². The molecule has 0 saturated carbocycles. The van der Waals surface area contributed by atoms with Crippen molar-refractivity contribution in [1.82, 2.24) is 5.43 Å². The van der Waals surface area contributed by atoms with Gasteiger partial charge in [-0.05, 0) is 29.3 Å². The number of carbonyl (C=O) groups is 1. The van der Waals surface area contributed by atoms with Crippen LogP contribution in [0.4, 0.5) is 5.69 Å². The van der Waals surface area contributed by atoms with Crippen molar-refractivity contribution in [3.8, 4) is 16.9 Å². The third-order valence-corrected chi connectivity index (χ3v) is 4.22. The van der Waals surface area contributed by atoms with E-state index in [0.29, 0.717) is 11.3 Å². The Morgan fingerprint density at radius 2 is 1.76 bits per heavy atom. The molecule has 0 heterocycles. The maximum Gasteiger partial charge on any atom is 0.288 e. The van der Waals surface area contributed by atoms with Crippen LogP contribution in [0.15, 0.2) is 77.9 Å². The number of nitro groups is 1. The Labute approximate surface area is 171 Å². The van der Waals surface area contributed by atoms with Crippen molar-refractivity contribution in [2.24, 2.45) is 5.10 Å². The largest absolute Gasteiger partial charge is 0.484 e. The second-order valence-electron chi connectivity index (χ2n) is 5.94. The van der Waals surface area contributed by atoms with Crippen molar-refractivity contribution >= 4 is 29.4 Å². The number of benzene rings is 3. The molecule has 8 heteroatoms. The van der Waals surface area contributed by atoms with Crippen molar-refractivity contribution in [2.75, 3.05) is 6.61 Å². The second-order valence-corrected chi connectivity index (χ2v) is 6.35. The summed E-state index contributed by atoms with van der Waals surface area (Å²) in [4.78, 5) is 22.1. The predicted octanol–water partition coefficient (Wildman–Crippen LogP) is 4.44. The van der Waals surface area contributed by atoms with Gasteiger partial charge in [0.25, 0.3) is 11.6 Å². The molecular weight excluding hydrogens is 394 g/mol. The number of amides is 1. The SMILES string of the molecule is O=C(COc1ccc(-c2ccccc2)cc1)N/N=C\c1ccc(Cl)c([N+](=O)[O-])c1. The van der Waals surface area contributed by atoms with Crippen LogP contribution in [0, 0.1) is 10.1 Å². The molecular formula is C21H16ClN3O4. The highest BCUT2D eigenvalue weighted by Gasteiger charge is 2.11. The molecule has 0 atom stereocenters. The predicted molar refractivity (Wildman–Crippen MR) is 111 cm³/mol. The minimum Gasteiger partial charge on any atom is -0.484 e. The highest BCUT2D eigenvalue weighted by atomic mass is 35.5. The monoisotopic (exact) mass is 409 g/mol. The smallest absolute Gasteiger partial charge is 0.288 e. The van der Waals surface area contributed by atoms with Gasteiger partial charge in [-0.3, -0.25) is 14.9 Å². The summed E-state index contributed by atoms with van der Waals surface area (Å²) in [6.07, 6.45) is 1.29. The maximum absolute atomic E-state index is 11.8. The number of rotatable bonds is 7. The van der Waals surface area contributed by atoms with Crippen molar-refractivity contribution in [3.63, 3.8) is 0 Å². The lowest BCUT2D eigenvalue weighted by Crippen LogP contribution is -2.24. The molecule has 146 valence electrons. The van der Waals surface area contributed by atoms with Crippen LogP contribution in [0.5, 0.6) is 5.75 Å². The van der Waals surface area contributed by atoms with Gasteiger partial charge in [-0.15, -0.1) is 0 Å². The van der Waals surface area contributed by atoms with E-state index in [-0.39, 0.29) is 17.3 Å². The van der Waals surface area contributed by atoms with Crippen molar-refractivity contribution < 1.29 is 14.5 Å². The van der Waals surface area contributed by atoms with E-state index >= 15 is 0 Å². The van der Waals surface area contributed by atoms with Gasteiger partial charge in [-0.2, -0.15) is 5.10 Å². The maximum atomic E-state index is 11.8. The molecule has 29 heavy (non-hydrogen) atoms. The highest BCUT2D eigenvalue weighted by molar-refractivity contribution is 6.32. The molecule has 0 spiro atoms. The summed E-state index contributed by atoms with van der Waals surface area (Å²) in [5.74, 6) is 0.0917. The van der Waals surface area contributed by atoms with E-state index in [9.17, 15) is 14.9 Å². The third-order valence-electron chi connectivity index (χ3n) is 3.90. The van der Waals surface area contributed by atoms with E-state index in [1.165, 1.54) is 18.3 Å². The molecule has 1 N–H and O–H groups in total. The Kier molecular flexibility index (Phi) is 6.55. The van der Waals surface area contributed by atoms with Crippen molar-refractivity contribution in [3.05, 3.63) is 93.5 Å². The summed E-state index contributed by atoms with van der Waals surface area (Å²) in [5, 5.41) is 14.7. The van der Waals surface area contributed by atoms with E-state index in [2.05, 4.69) is 10.5 Å². The van der Waals surface area contributed by atoms with Crippen molar-refractivity contribution in [1.29, 1.82) is 0 Å². The second kappa shape index (κ2) is 9.48. The van der Waals surface area contributed by atoms with Gasteiger partial charge in [0, 0.05) is 11.6 Å². The molecule has 0 radical (unpaired) electrons. The molecule has 0 fully saturated rings. The lowest BCUT2D eigenvalue weighted by molar-refractivity contribution is -0.384. The first kappa shape index (κ1) is 20.0. The van der Waals surface area contributed by atoms with Crippen molar-refractivity contribution in [2.45, 2.75) is 0 Å². The van der Waals surface area contributed by atoms with Crippen LogP contribution >= 0.6 is 11.6 Å². The van der Waals surface area contributed by atoms with Crippen LogP contribution in [-0.4, -0.2) is 23.7 Å². The number of nitrogens with zero attached hydrogens (tertiary/aromatic N) is 2. The number of nitro benzene ring substituents is 1. The summed E-state index contributed by atoms with van der Waals surface area (Å²) in [6, 6.07) is 21.5. The number of carbonyl (C=O) groups excluding carboxylic acids is 1. The number of ether oxygens (including phenoxy) is 1. The number of hydrogen-bond acceptors (Lipinski definition) is 5.